The Kier molecular flexibility index (Phi) is 4.02. The van der Waals surface area contributed by atoms with Crippen LogP contribution in [-0.2, 0) is 6.54 Å². The fourth-order valence-electron chi connectivity index (χ4n) is 2.46. The maximum absolute atomic E-state index is 5.95. The van der Waals surface area contributed by atoms with Crippen molar-refractivity contribution < 1.29 is 4.74 Å². The zero-order chi connectivity index (χ0) is 12.3. The van der Waals surface area contributed by atoms with Crippen molar-refractivity contribution in [2.24, 2.45) is 11.7 Å². The van der Waals surface area contributed by atoms with E-state index >= 15 is 0 Å². The smallest absolute Gasteiger partial charge is 0.119 e. The Labute approximate surface area is 104 Å². The number of methoxy groups -OCH3 is 1. The van der Waals surface area contributed by atoms with E-state index in [4.69, 9.17) is 10.5 Å². The first-order chi connectivity index (χ1) is 8.19. The van der Waals surface area contributed by atoms with E-state index < -0.39 is 0 Å². The minimum Gasteiger partial charge on any atom is -0.497 e. The lowest BCUT2D eigenvalue weighted by molar-refractivity contribution is 0.308. The zero-order valence-corrected chi connectivity index (χ0v) is 10.7. The van der Waals surface area contributed by atoms with Crippen molar-refractivity contribution in [3.63, 3.8) is 0 Å². The molecule has 3 heteroatoms. The number of nitrogens with zero attached hydrogens (tertiary/aromatic N) is 1. The summed E-state index contributed by atoms with van der Waals surface area (Å²) in [6, 6.07) is 8.61. The number of ether oxygens (including phenoxy) is 1. The molecule has 1 aromatic carbocycles. The molecule has 0 radical (unpaired) electrons. The van der Waals surface area contributed by atoms with Crippen LogP contribution in [0.1, 0.15) is 18.9 Å². The van der Waals surface area contributed by atoms with Crippen molar-refractivity contribution in [1.29, 1.82) is 0 Å². The predicted molar refractivity (Wildman–Crippen MR) is 70.0 cm³/mol. The van der Waals surface area contributed by atoms with Gasteiger partial charge < -0.3 is 10.5 Å². The summed E-state index contributed by atoms with van der Waals surface area (Å²) >= 11 is 0. The minimum absolute atomic E-state index is 0.310. The molecule has 0 amide bonds. The van der Waals surface area contributed by atoms with Crippen molar-refractivity contribution in [2.45, 2.75) is 25.9 Å². The molecule has 1 aliphatic rings. The first-order valence-electron chi connectivity index (χ1n) is 6.30. The minimum atomic E-state index is 0.310. The molecular formula is C14H22N2O. The molecule has 1 aliphatic heterocycles. The Morgan fingerprint density at radius 3 is 3.00 bits per heavy atom. The van der Waals surface area contributed by atoms with Gasteiger partial charge >= 0.3 is 0 Å². The molecule has 1 fully saturated rings. The molecule has 0 spiro atoms. The summed E-state index contributed by atoms with van der Waals surface area (Å²) < 4.78 is 5.24. The lowest BCUT2D eigenvalue weighted by Crippen LogP contribution is -2.29. The van der Waals surface area contributed by atoms with Gasteiger partial charge in [-0.2, -0.15) is 0 Å². The van der Waals surface area contributed by atoms with E-state index in [1.54, 1.807) is 7.11 Å². The molecule has 17 heavy (non-hydrogen) atoms. The highest BCUT2D eigenvalue weighted by molar-refractivity contribution is 5.28. The second kappa shape index (κ2) is 5.52. The molecule has 1 heterocycles. The van der Waals surface area contributed by atoms with E-state index in [2.05, 4.69) is 24.0 Å². The number of likely N-dealkylation sites (tertiary alicyclic amines) is 1. The van der Waals surface area contributed by atoms with E-state index in [9.17, 15) is 0 Å². The predicted octanol–water partition coefficient (Wildman–Crippen LogP) is 1.86. The molecule has 3 nitrogen and oxygen atoms in total. The van der Waals surface area contributed by atoms with Gasteiger partial charge in [0.2, 0.25) is 0 Å². The van der Waals surface area contributed by atoms with Crippen molar-refractivity contribution in [1.82, 2.24) is 4.90 Å². The highest BCUT2D eigenvalue weighted by atomic mass is 16.5. The Bertz CT molecular complexity index is 365. The van der Waals surface area contributed by atoms with Crippen molar-refractivity contribution in [3.8, 4) is 5.75 Å². The van der Waals surface area contributed by atoms with E-state index in [1.165, 1.54) is 12.0 Å². The van der Waals surface area contributed by atoms with Gasteiger partial charge in [0, 0.05) is 19.1 Å². The van der Waals surface area contributed by atoms with Crippen molar-refractivity contribution in [3.05, 3.63) is 29.8 Å². The second-order valence-corrected chi connectivity index (χ2v) is 4.99. The number of nitrogens with two attached hydrogens (primary N) is 1. The molecule has 0 saturated carbocycles. The van der Waals surface area contributed by atoms with Crippen LogP contribution in [0.5, 0.6) is 5.75 Å². The highest BCUT2D eigenvalue weighted by Crippen LogP contribution is 2.22. The van der Waals surface area contributed by atoms with Crippen LogP contribution in [0.15, 0.2) is 24.3 Å². The summed E-state index contributed by atoms with van der Waals surface area (Å²) in [4.78, 5) is 2.48. The topological polar surface area (TPSA) is 38.5 Å². The van der Waals surface area contributed by atoms with E-state index in [-0.39, 0.29) is 0 Å². The van der Waals surface area contributed by atoms with Gasteiger partial charge in [0.25, 0.3) is 0 Å². The van der Waals surface area contributed by atoms with E-state index in [1.807, 2.05) is 12.1 Å². The van der Waals surface area contributed by atoms with Crippen molar-refractivity contribution in [2.75, 3.05) is 20.2 Å². The monoisotopic (exact) mass is 234 g/mol. The van der Waals surface area contributed by atoms with Crippen LogP contribution in [0, 0.1) is 5.92 Å². The largest absolute Gasteiger partial charge is 0.497 e. The maximum atomic E-state index is 5.95. The lowest BCUT2D eigenvalue weighted by atomic mass is 10.0. The summed E-state index contributed by atoms with van der Waals surface area (Å²) in [6.07, 6.45) is 1.22. The Hall–Kier alpha value is -1.06. The molecule has 2 rings (SSSR count). The van der Waals surface area contributed by atoms with Crippen LogP contribution in [0.25, 0.3) is 0 Å². The Morgan fingerprint density at radius 1 is 1.53 bits per heavy atom. The zero-order valence-electron chi connectivity index (χ0n) is 10.7. The third kappa shape index (κ3) is 3.20. The average molecular weight is 234 g/mol. The standard InChI is InChI=1S/C14H22N2O/c1-11(15)13-6-7-16(10-13)9-12-4-3-5-14(8-12)17-2/h3-5,8,11,13H,6-7,9-10,15H2,1-2H3. The van der Waals surface area contributed by atoms with Crippen LogP contribution in [0.3, 0.4) is 0 Å². The SMILES string of the molecule is COc1cccc(CN2CCC(C(C)N)C2)c1. The average Bonchev–Trinajstić information content (AvgIpc) is 2.78. The van der Waals surface area contributed by atoms with Gasteiger partial charge in [0.15, 0.2) is 0 Å². The van der Waals surface area contributed by atoms with Crippen LogP contribution >= 0.6 is 0 Å². The summed E-state index contributed by atoms with van der Waals surface area (Å²) in [5.41, 5.74) is 7.27. The Balaban J connectivity index is 1.93. The Morgan fingerprint density at radius 2 is 2.35 bits per heavy atom. The van der Waals surface area contributed by atoms with Crippen LogP contribution < -0.4 is 10.5 Å². The molecule has 2 atom stereocenters. The maximum Gasteiger partial charge on any atom is 0.119 e. The summed E-state index contributed by atoms with van der Waals surface area (Å²) in [5.74, 6) is 1.59. The molecule has 94 valence electrons. The third-order valence-corrected chi connectivity index (χ3v) is 3.59. The first-order valence-corrected chi connectivity index (χ1v) is 6.30. The van der Waals surface area contributed by atoms with E-state index in [0.29, 0.717) is 12.0 Å². The van der Waals surface area contributed by atoms with Gasteiger partial charge in [-0.15, -0.1) is 0 Å². The molecule has 0 aliphatic carbocycles. The first kappa shape index (κ1) is 12.4. The summed E-state index contributed by atoms with van der Waals surface area (Å²) in [7, 11) is 1.71. The number of rotatable bonds is 4. The summed E-state index contributed by atoms with van der Waals surface area (Å²) in [5, 5.41) is 0. The molecule has 0 aromatic heterocycles. The number of benzene rings is 1. The fourth-order valence-corrected chi connectivity index (χ4v) is 2.46. The van der Waals surface area contributed by atoms with Gasteiger partial charge in [-0.25, -0.2) is 0 Å². The van der Waals surface area contributed by atoms with Crippen LogP contribution in [0.4, 0.5) is 0 Å². The second-order valence-electron chi connectivity index (χ2n) is 4.99. The van der Waals surface area contributed by atoms with Gasteiger partial charge in [-0.1, -0.05) is 12.1 Å². The molecule has 2 unspecified atom stereocenters. The van der Waals surface area contributed by atoms with Crippen molar-refractivity contribution >= 4 is 0 Å². The number of hydrogen-bond donors (Lipinski definition) is 1. The number of hydrogen-bond acceptors (Lipinski definition) is 3. The normalized spacial score (nSPS) is 22.6. The van der Waals surface area contributed by atoms with Gasteiger partial charge in [0.1, 0.15) is 5.75 Å². The fraction of sp³-hybridized carbons (Fsp3) is 0.571. The van der Waals surface area contributed by atoms with E-state index in [0.717, 1.165) is 25.4 Å². The quantitative estimate of drug-likeness (QED) is 0.864. The lowest BCUT2D eigenvalue weighted by Gasteiger charge is -2.18. The summed E-state index contributed by atoms with van der Waals surface area (Å²) in [6.45, 7) is 5.39. The molecule has 2 N–H and O–H groups in total. The van der Waals surface area contributed by atoms with Gasteiger partial charge in [0.05, 0.1) is 7.11 Å². The van der Waals surface area contributed by atoms with Gasteiger partial charge in [-0.3, -0.25) is 4.90 Å². The van der Waals surface area contributed by atoms with Crippen LogP contribution in [-0.4, -0.2) is 31.1 Å². The molecule has 1 saturated heterocycles. The molecule has 0 bridgehead atoms. The van der Waals surface area contributed by atoms with Crippen LogP contribution in [0.2, 0.25) is 0 Å². The third-order valence-electron chi connectivity index (χ3n) is 3.59. The molecular weight excluding hydrogens is 212 g/mol. The highest BCUT2D eigenvalue weighted by Gasteiger charge is 2.24. The van der Waals surface area contributed by atoms with Gasteiger partial charge in [-0.05, 0) is 43.5 Å². The molecule has 1 aromatic rings.